The second-order valence-corrected chi connectivity index (χ2v) is 8.52. The minimum atomic E-state index is -0.404. The summed E-state index contributed by atoms with van der Waals surface area (Å²) in [6.07, 6.45) is 6.99. The highest BCUT2D eigenvalue weighted by Crippen LogP contribution is 2.40. The number of rotatable bonds is 5. The number of hydrogen-bond donors (Lipinski definition) is 0. The van der Waals surface area contributed by atoms with E-state index >= 15 is 0 Å². The van der Waals surface area contributed by atoms with Crippen LogP contribution in [0.5, 0.6) is 11.5 Å². The number of benzene rings is 2. The third-order valence-corrected chi connectivity index (χ3v) is 6.55. The first-order valence-corrected chi connectivity index (χ1v) is 11.2. The van der Waals surface area contributed by atoms with Crippen LogP contribution >= 0.6 is 11.8 Å². The molecule has 2 aromatic carbocycles. The van der Waals surface area contributed by atoms with Crippen LogP contribution in [0.3, 0.4) is 0 Å². The third kappa shape index (κ3) is 4.46. The summed E-state index contributed by atoms with van der Waals surface area (Å²) in [4.78, 5) is 20.3. The zero-order chi connectivity index (χ0) is 21.8. The molecule has 2 fully saturated rings. The van der Waals surface area contributed by atoms with Crippen LogP contribution in [-0.4, -0.2) is 36.2 Å². The van der Waals surface area contributed by atoms with Crippen LogP contribution in [0, 0.1) is 5.82 Å². The fourth-order valence-electron chi connectivity index (χ4n) is 4.04. The number of amides is 1. The van der Waals surface area contributed by atoms with Crippen molar-refractivity contribution in [2.45, 2.75) is 38.1 Å². The number of halogens is 1. The molecule has 1 amide bonds. The first-order valence-electron chi connectivity index (χ1n) is 10.4. The first kappa shape index (κ1) is 21.4. The molecule has 0 atom stereocenters. The van der Waals surface area contributed by atoms with E-state index in [1.807, 2.05) is 18.2 Å². The van der Waals surface area contributed by atoms with Gasteiger partial charge in [-0.15, -0.1) is 0 Å². The first-order chi connectivity index (χ1) is 15.1. The smallest absolute Gasteiger partial charge is 0.267 e. The summed E-state index contributed by atoms with van der Waals surface area (Å²) in [6, 6.07) is 12.0. The molecule has 0 aromatic heterocycles. The Kier molecular flexibility index (Phi) is 6.61. The highest BCUT2D eigenvalue weighted by atomic mass is 32.2. The Morgan fingerprint density at radius 2 is 1.84 bits per heavy atom. The van der Waals surface area contributed by atoms with Gasteiger partial charge in [0.15, 0.2) is 16.7 Å². The maximum Gasteiger partial charge on any atom is 0.267 e. The molecular formula is C24H25FN2O3S. The summed E-state index contributed by atoms with van der Waals surface area (Å²) in [5.41, 5.74) is 0.979. The molecule has 0 radical (unpaired) electrons. The van der Waals surface area contributed by atoms with Gasteiger partial charge in [0, 0.05) is 11.6 Å². The predicted molar refractivity (Wildman–Crippen MR) is 122 cm³/mol. The Balaban J connectivity index is 1.75. The quantitative estimate of drug-likeness (QED) is 0.553. The van der Waals surface area contributed by atoms with Gasteiger partial charge < -0.3 is 9.47 Å². The van der Waals surface area contributed by atoms with Gasteiger partial charge in [-0.3, -0.25) is 9.69 Å². The van der Waals surface area contributed by atoms with E-state index in [1.165, 1.54) is 24.2 Å². The molecule has 1 aliphatic heterocycles. The van der Waals surface area contributed by atoms with Crippen LogP contribution in [0.4, 0.5) is 10.1 Å². The predicted octanol–water partition coefficient (Wildman–Crippen LogP) is 5.78. The van der Waals surface area contributed by atoms with Crippen molar-refractivity contribution in [2.75, 3.05) is 14.2 Å². The molecule has 0 bridgehead atoms. The van der Waals surface area contributed by atoms with Crippen molar-refractivity contribution >= 4 is 34.6 Å². The van der Waals surface area contributed by atoms with Gasteiger partial charge in [-0.1, -0.05) is 43.5 Å². The number of carbonyl (C=O) groups excluding carboxylic acids is 1. The molecule has 1 saturated carbocycles. The number of carbonyl (C=O) groups is 1. The highest BCUT2D eigenvalue weighted by Gasteiger charge is 2.39. The third-order valence-electron chi connectivity index (χ3n) is 5.57. The average molecular weight is 441 g/mol. The Morgan fingerprint density at radius 3 is 2.55 bits per heavy atom. The molecule has 1 aliphatic carbocycles. The normalized spacial score (nSPS) is 20.0. The summed E-state index contributed by atoms with van der Waals surface area (Å²) < 4.78 is 25.2. The fourth-order valence-corrected chi connectivity index (χ4v) is 5.08. The summed E-state index contributed by atoms with van der Waals surface area (Å²) >= 11 is 1.28. The summed E-state index contributed by atoms with van der Waals surface area (Å²) in [6.45, 7) is 0. The maximum atomic E-state index is 14.3. The van der Waals surface area contributed by atoms with Gasteiger partial charge >= 0.3 is 0 Å². The molecule has 0 unspecified atom stereocenters. The van der Waals surface area contributed by atoms with E-state index in [9.17, 15) is 9.18 Å². The molecule has 4 rings (SSSR count). The minimum absolute atomic E-state index is 0.0809. The van der Waals surface area contributed by atoms with Gasteiger partial charge in [0.1, 0.15) is 11.5 Å². The molecule has 1 heterocycles. The zero-order valence-corrected chi connectivity index (χ0v) is 18.5. The van der Waals surface area contributed by atoms with Crippen LogP contribution in [0.2, 0.25) is 0 Å². The van der Waals surface area contributed by atoms with Crippen LogP contribution in [0.25, 0.3) is 6.08 Å². The number of thioether (sulfide) groups is 1. The summed E-state index contributed by atoms with van der Waals surface area (Å²) in [5, 5.41) is 0.523. The number of ether oxygens (including phenoxy) is 2. The molecular weight excluding hydrogens is 415 g/mol. The monoisotopic (exact) mass is 440 g/mol. The van der Waals surface area contributed by atoms with Gasteiger partial charge in [0.25, 0.3) is 5.91 Å². The number of methoxy groups -OCH3 is 2. The van der Waals surface area contributed by atoms with Crippen molar-refractivity contribution in [2.24, 2.45) is 4.99 Å². The SMILES string of the molecule is COc1cccc(/C=C2\SC(=Nc3ccccc3F)N(C3CCCCC3)C2=O)c1OC. The Bertz CT molecular complexity index is 1030. The van der Waals surface area contributed by atoms with E-state index in [0.717, 1.165) is 31.2 Å². The average Bonchev–Trinajstić information content (AvgIpc) is 3.10. The number of hydrogen-bond acceptors (Lipinski definition) is 5. The van der Waals surface area contributed by atoms with Crippen LogP contribution in [-0.2, 0) is 4.79 Å². The second-order valence-electron chi connectivity index (χ2n) is 7.51. The standard InChI is InChI=1S/C24H25FN2O3S/c1-29-20-14-8-9-16(22(20)30-2)15-21-23(28)27(17-10-4-3-5-11-17)24(31-21)26-19-13-7-6-12-18(19)25/h6-9,12-15,17H,3-5,10-11H2,1-2H3/b21-15-,26-24?. The van der Waals surface area contributed by atoms with E-state index in [0.29, 0.717) is 21.6 Å². The second kappa shape index (κ2) is 9.56. The topological polar surface area (TPSA) is 51.1 Å². The Morgan fingerprint density at radius 1 is 1.06 bits per heavy atom. The van der Waals surface area contributed by atoms with Gasteiger partial charge in [-0.05, 0) is 48.9 Å². The molecule has 0 spiro atoms. The molecule has 2 aliphatic rings. The maximum absolute atomic E-state index is 14.3. The lowest BCUT2D eigenvalue weighted by Gasteiger charge is -2.30. The number of aliphatic imine (C=N–C) groups is 1. The van der Waals surface area contributed by atoms with Gasteiger partial charge in [-0.2, -0.15) is 0 Å². The molecule has 7 heteroatoms. The van der Waals surface area contributed by atoms with Crippen molar-refractivity contribution < 1.29 is 18.7 Å². The van der Waals surface area contributed by atoms with Crippen LogP contribution < -0.4 is 9.47 Å². The molecule has 5 nitrogen and oxygen atoms in total. The van der Waals surface area contributed by atoms with Crippen LogP contribution in [0.1, 0.15) is 37.7 Å². The van der Waals surface area contributed by atoms with Crippen molar-refractivity contribution in [3.8, 4) is 11.5 Å². The van der Waals surface area contributed by atoms with E-state index in [1.54, 1.807) is 43.4 Å². The largest absolute Gasteiger partial charge is 0.493 e. The zero-order valence-electron chi connectivity index (χ0n) is 17.6. The lowest BCUT2D eigenvalue weighted by molar-refractivity contribution is -0.124. The molecule has 1 saturated heterocycles. The minimum Gasteiger partial charge on any atom is -0.493 e. The Labute approximate surface area is 185 Å². The Hall–Kier alpha value is -2.80. The molecule has 2 aromatic rings. The molecule has 162 valence electrons. The lowest BCUT2D eigenvalue weighted by atomic mass is 9.94. The highest BCUT2D eigenvalue weighted by molar-refractivity contribution is 8.18. The van der Waals surface area contributed by atoms with E-state index < -0.39 is 5.82 Å². The fraction of sp³-hybridized carbons (Fsp3) is 0.333. The van der Waals surface area contributed by atoms with E-state index in [2.05, 4.69) is 4.99 Å². The summed E-state index contributed by atoms with van der Waals surface area (Å²) in [7, 11) is 3.15. The van der Waals surface area contributed by atoms with Gasteiger partial charge in [0.05, 0.1) is 19.1 Å². The van der Waals surface area contributed by atoms with Gasteiger partial charge in [0.2, 0.25) is 0 Å². The van der Waals surface area contributed by atoms with Crippen molar-refractivity contribution in [3.63, 3.8) is 0 Å². The number of nitrogens with zero attached hydrogens (tertiary/aromatic N) is 2. The van der Waals surface area contributed by atoms with Gasteiger partial charge in [-0.25, -0.2) is 9.38 Å². The number of amidine groups is 1. The van der Waals surface area contributed by atoms with Crippen molar-refractivity contribution in [1.82, 2.24) is 4.90 Å². The van der Waals surface area contributed by atoms with E-state index in [4.69, 9.17) is 9.47 Å². The van der Waals surface area contributed by atoms with Crippen molar-refractivity contribution in [1.29, 1.82) is 0 Å². The van der Waals surface area contributed by atoms with E-state index in [-0.39, 0.29) is 17.6 Å². The number of para-hydroxylation sites is 2. The lowest BCUT2D eigenvalue weighted by Crippen LogP contribution is -2.40. The van der Waals surface area contributed by atoms with Crippen LogP contribution in [0.15, 0.2) is 52.4 Å². The van der Waals surface area contributed by atoms with Crippen molar-refractivity contribution in [3.05, 3.63) is 58.8 Å². The summed E-state index contributed by atoms with van der Waals surface area (Å²) in [5.74, 6) is 0.654. The molecule has 0 N–H and O–H groups in total. The molecule has 31 heavy (non-hydrogen) atoms.